The van der Waals surface area contributed by atoms with Gasteiger partial charge >= 0.3 is 0 Å². The predicted molar refractivity (Wildman–Crippen MR) is 110 cm³/mol. The number of piperidine rings is 1. The van der Waals surface area contributed by atoms with Crippen LogP contribution in [0.25, 0.3) is 0 Å². The Hall–Kier alpha value is -2.46. The van der Waals surface area contributed by atoms with Crippen molar-refractivity contribution in [1.82, 2.24) is 14.7 Å². The van der Waals surface area contributed by atoms with Gasteiger partial charge in [-0.1, -0.05) is 13.0 Å². The van der Waals surface area contributed by atoms with E-state index < -0.39 is 0 Å². The molecule has 2 bridgehead atoms. The quantitative estimate of drug-likeness (QED) is 0.747. The zero-order valence-corrected chi connectivity index (χ0v) is 17.7. The Kier molecular flexibility index (Phi) is 4.20. The van der Waals surface area contributed by atoms with Gasteiger partial charge in [-0.3, -0.25) is 14.5 Å². The van der Waals surface area contributed by atoms with Crippen molar-refractivity contribution in [3.05, 3.63) is 35.1 Å². The van der Waals surface area contributed by atoms with Gasteiger partial charge in [-0.2, -0.15) is 5.26 Å². The van der Waals surface area contributed by atoms with E-state index >= 15 is 0 Å². The Bertz CT molecular complexity index is 1010. The number of amides is 2. The highest BCUT2D eigenvalue weighted by atomic mass is 19.1. The molecule has 1 unspecified atom stereocenters. The number of likely N-dealkylation sites (tertiary alicyclic amines) is 3. The number of nitrogens with zero attached hydrogens (tertiary/aromatic N) is 4. The molecule has 1 aromatic carbocycles. The second-order valence-corrected chi connectivity index (χ2v) is 10.1. The summed E-state index contributed by atoms with van der Waals surface area (Å²) < 4.78 is 13.6. The molecule has 3 heterocycles. The number of piperazine rings is 1. The first-order chi connectivity index (χ1) is 15.0. The molecule has 162 valence electrons. The van der Waals surface area contributed by atoms with Crippen molar-refractivity contribution in [1.29, 1.82) is 5.26 Å². The van der Waals surface area contributed by atoms with Crippen molar-refractivity contribution in [2.24, 2.45) is 11.8 Å². The minimum atomic E-state index is -0.280. The highest BCUT2D eigenvalue weighted by Gasteiger charge is 2.56. The molecule has 7 heteroatoms. The van der Waals surface area contributed by atoms with Crippen LogP contribution in [0.2, 0.25) is 0 Å². The minimum Gasteiger partial charge on any atom is -0.330 e. The van der Waals surface area contributed by atoms with Gasteiger partial charge in [-0.05, 0) is 61.3 Å². The summed E-state index contributed by atoms with van der Waals surface area (Å²) in [7, 11) is 0. The molecule has 6 rings (SSSR count). The zero-order chi connectivity index (χ0) is 21.4. The Balaban J connectivity index is 1.13. The number of halogens is 1. The van der Waals surface area contributed by atoms with Gasteiger partial charge in [0, 0.05) is 31.1 Å². The van der Waals surface area contributed by atoms with Gasteiger partial charge in [0.25, 0.3) is 0 Å². The van der Waals surface area contributed by atoms with Crippen molar-refractivity contribution in [2.75, 3.05) is 13.1 Å². The first-order valence-electron chi connectivity index (χ1n) is 11.5. The molecule has 7 atom stereocenters. The van der Waals surface area contributed by atoms with Crippen LogP contribution in [0.5, 0.6) is 0 Å². The Morgan fingerprint density at radius 3 is 2.90 bits per heavy atom. The number of carbonyl (C=O) groups is 2. The summed E-state index contributed by atoms with van der Waals surface area (Å²) in [5.41, 5.74) is 2.11. The van der Waals surface area contributed by atoms with Gasteiger partial charge in [0.15, 0.2) is 0 Å². The molecule has 3 saturated heterocycles. The van der Waals surface area contributed by atoms with E-state index in [0.717, 1.165) is 49.8 Å². The van der Waals surface area contributed by atoms with Crippen molar-refractivity contribution < 1.29 is 14.0 Å². The second-order valence-electron chi connectivity index (χ2n) is 10.1. The molecule has 1 aromatic rings. The molecule has 2 aliphatic carbocycles. The third kappa shape index (κ3) is 2.84. The van der Waals surface area contributed by atoms with Crippen molar-refractivity contribution in [3.63, 3.8) is 0 Å². The summed E-state index contributed by atoms with van der Waals surface area (Å²) in [4.78, 5) is 32.4. The maximum Gasteiger partial charge on any atom is 0.240 e. The molecular weight excluding hydrogens is 395 g/mol. The van der Waals surface area contributed by atoms with Crippen molar-refractivity contribution >= 4 is 11.8 Å². The van der Waals surface area contributed by atoms with Crippen molar-refractivity contribution in [3.8, 4) is 6.07 Å². The van der Waals surface area contributed by atoms with Gasteiger partial charge in [-0.25, -0.2) is 4.39 Å². The number of rotatable bonds is 4. The SMILES string of the molecule is C[C@@H](CN1C[C@@H]2C[C@H]1C(=O)N2[C@@H]1CCc2cc(F)ccc21)C(=O)N1C2C[C@H]2C[C@H]1C#N. The first kappa shape index (κ1) is 19.2. The normalized spacial score (nSPS) is 36.5. The summed E-state index contributed by atoms with van der Waals surface area (Å²) in [6.07, 6.45) is 4.32. The number of carbonyl (C=O) groups excluding carboxylic acids is 2. The number of hydrogen-bond donors (Lipinski definition) is 0. The summed E-state index contributed by atoms with van der Waals surface area (Å²) in [5, 5.41) is 9.40. The van der Waals surface area contributed by atoms with E-state index in [2.05, 4.69) is 11.0 Å². The third-order valence-electron chi connectivity index (χ3n) is 8.24. The molecule has 0 N–H and O–H groups in total. The lowest BCUT2D eigenvalue weighted by Crippen LogP contribution is -2.53. The van der Waals surface area contributed by atoms with Gasteiger partial charge in [0.2, 0.25) is 11.8 Å². The topological polar surface area (TPSA) is 67.7 Å². The lowest BCUT2D eigenvalue weighted by atomic mass is 10.0. The summed E-state index contributed by atoms with van der Waals surface area (Å²) in [6, 6.07) is 7.26. The Labute approximate surface area is 181 Å². The summed E-state index contributed by atoms with van der Waals surface area (Å²) in [6.45, 7) is 3.29. The molecule has 0 spiro atoms. The monoisotopic (exact) mass is 422 g/mol. The standard InChI is InChI=1S/C24H27FN4O2/c1-13(23(30)28-17(10-26)7-15-8-21(15)28)11-27-12-18-9-22(27)24(31)29(18)20-5-2-14-6-16(25)3-4-19(14)20/h3-4,6,13,15,17-18,20-22H,2,5,7-9,11-12H2,1H3/t13-,15+,17-,18-,20+,21?,22-/m0/s1. The molecule has 31 heavy (non-hydrogen) atoms. The summed E-state index contributed by atoms with van der Waals surface area (Å²) >= 11 is 0. The highest BCUT2D eigenvalue weighted by Crippen LogP contribution is 2.48. The third-order valence-corrected chi connectivity index (χ3v) is 8.24. The van der Waals surface area contributed by atoms with Crippen LogP contribution in [0, 0.1) is 29.0 Å². The Morgan fingerprint density at radius 2 is 2.13 bits per heavy atom. The van der Waals surface area contributed by atoms with E-state index in [0.29, 0.717) is 12.5 Å². The maximum atomic E-state index is 13.6. The van der Waals surface area contributed by atoms with Crippen LogP contribution in [0.1, 0.15) is 49.8 Å². The molecule has 1 saturated carbocycles. The molecule has 0 radical (unpaired) electrons. The fourth-order valence-electron chi connectivity index (χ4n) is 6.73. The molecule has 5 aliphatic rings. The largest absolute Gasteiger partial charge is 0.330 e. The maximum absolute atomic E-state index is 13.6. The second kappa shape index (κ2) is 6.77. The van der Waals surface area contributed by atoms with E-state index in [1.54, 1.807) is 6.07 Å². The molecule has 0 aromatic heterocycles. The smallest absolute Gasteiger partial charge is 0.240 e. The van der Waals surface area contributed by atoms with Crippen molar-refractivity contribution in [2.45, 2.75) is 69.2 Å². The molecule has 6 nitrogen and oxygen atoms in total. The van der Waals surface area contributed by atoms with Crippen LogP contribution in [-0.4, -0.2) is 63.8 Å². The minimum absolute atomic E-state index is 0.0482. The number of hydrogen-bond acceptors (Lipinski definition) is 4. The Morgan fingerprint density at radius 1 is 1.29 bits per heavy atom. The molecule has 3 aliphatic heterocycles. The zero-order valence-electron chi connectivity index (χ0n) is 17.7. The fraction of sp³-hybridized carbons (Fsp3) is 0.625. The van der Waals surface area contributed by atoms with Gasteiger partial charge in [-0.15, -0.1) is 0 Å². The lowest BCUT2D eigenvalue weighted by molar-refractivity contribution is -0.142. The van der Waals surface area contributed by atoms with Gasteiger partial charge in [0.05, 0.1) is 18.2 Å². The average Bonchev–Trinajstić information content (AvgIpc) is 3.08. The average molecular weight is 423 g/mol. The predicted octanol–water partition coefficient (Wildman–Crippen LogP) is 2.25. The molecule has 4 fully saturated rings. The first-order valence-corrected chi connectivity index (χ1v) is 11.5. The van der Waals surface area contributed by atoms with Crippen LogP contribution in [0.3, 0.4) is 0 Å². The fourth-order valence-corrected chi connectivity index (χ4v) is 6.73. The number of aryl methyl sites for hydroxylation is 1. The van der Waals surface area contributed by atoms with E-state index in [-0.39, 0.29) is 53.8 Å². The number of benzene rings is 1. The van der Waals surface area contributed by atoms with Gasteiger partial charge < -0.3 is 9.80 Å². The van der Waals surface area contributed by atoms with E-state index in [1.165, 1.54) is 6.07 Å². The van der Waals surface area contributed by atoms with Crippen LogP contribution < -0.4 is 0 Å². The van der Waals surface area contributed by atoms with Crippen LogP contribution in [0.4, 0.5) is 4.39 Å². The van der Waals surface area contributed by atoms with E-state index in [1.807, 2.05) is 22.8 Å². The highest BCUT2D eigenvalue weighted by molar-refractivity contribution is 5.87. The summed E-state index contributed by atoms with van der Waals surface area (Å²) in [5.74, 6) is 0.298. The van der Waals surface area contributed by atoms with Crippen LogP contribution in [-0.2, 0) is 16.0 Å². The molecular formula is C24H27FN4O2. The van der Waals surface area contributed by atoms with E-state index in [9.17, 15) is 19.2 Å². The van der Waals surface area contributed by atoms with Gasteiger partial charge in [0.1, 0.15) is 11.9 Å². The van der Waals surface area contributed by atoms with E-state index in [4.69, 9.17) is 0 Å². The molecule has 2 amide bonds. The van der Waals surface area contributed by atoms with Crippen LogP contribution in [0.15, 0.2) is 18.2 Å². The number of nitriles is 1. The lowest BCUT2D eigenvalue weighted by Gasteiger charge is -2.39. The number of fused-ring (bicyclic) bond motifs is 4. The van der Waals surface area contributed by atoms with Crippen LogP contribution >= 0.6 is 0 Å².